The number of carboxylic acid groups (broad SMARTS) is 1. The third kappa shape index (κ3) is 8.24. The van der Waals surface area contributed by atoms with E-state index in [0.29, 0.717) is 13.1 Å². The Morgan fingerprint density at radius 2 is 1.58 bits per heavy atom. The number of alkyl halides is 6. The number of amides is 1. The Morgan fingerprint density at radius 1 is 1.16 bits per heavy atom. The molecule has 0 saturated carbocycles. The summed E-state index contributed by atoms with van der Waals surface area (Å²) in [6, 6.07) is 0. The van der Waals surface area contributed by atoms with Crippen LogP contribution >= 0.6 is 0 Å². The summed E-state index contributed by atoms with van der Waals surface area (Å²) in [5, 5.41) is 11.7. The number of halogens is 6. The van der Waals surface area contributed by atoms with Crippen LogP contribution in [0.2, 0.25) is 0 Å². The van der Waals surface area contributed by atoms with E-state index >= 15 is 0 Å². The maximum absolute atomic E-state index is 11.6. The fraction of sp³-hybridized carbons (Fsp3) is 0.750. The molecule has 5 nitrogen and oxygen atoms in total. The molecule has 1 aliphatic heterocycles. The van der Waals surface area contributed by atoms with Gasteiger partial charge in [-0.25, -0.2) is 4.79 Å². The van der Waals surface area contributed by atoms with Gasteiger partial charge in [-0.05, 0) is 0 Å². The van der Waals surface area contributed by atoms with Gasteiger partial charge in [0.05, 0.1) is 5.92 Å². The van der Waals surface area contributed by atoms with Gasteiger partial charge in [-0.1, -0.05) is 0 Å². The van der Waals surface area contributed by atoms with Crippen molar-refractivity contribution in [3.05, 3.63) is 0 Å². The minimum absolute atomic E-state index is 0.285. The molecule has 11 heteroatoms. The summed E-state index contributed by atoms with van der Waals surface area (Å²) in [4.78, 5) is 19.7. The standard InChI is InChI=1S/C6H9F3N2O.C2HF3O2/c7-6(8,9)3-11-5(12)4-1-10-2-4;3-2(4,5)1(6)7/h4,10H,1-3H2,(H,11,12);(H,6,7). The van der Waals surface area contributed by atoms with E-state index < -0.39 is 30.8 Å². The Hall–Kier alpha value is -1.52. The number of rotatable bonds is 2. The average Bonchev–Trinajstić information content (AvgIpc) is 2.10. The first-order chi connectivity index (χ1) is 8.43. The minimum Gasteiger partial charge on any atom is -0.475 e. The van der Waals surface area contributed by atoms with Crippen molar-refractivity contribution in [2.75, 3.05) is 19.6 Å². The summed E-state index contributed by atoms with van der Waals surface area (Å²) in [7, 11) is 0. The van der Waals surface area contributed by atoms with Crippen LogP contribution in [0.25, 0.3) is 0 Å². The first kappa shape index (κ1) is 17.5. The number of carboxylic acids is 1. The van der Waals surface area contributed by atoms with E-state index in [1.54, 1.807) is 0 Å². The third-order valence-electron chi connectivity index (χ3n) is 1.86. The second-order valence-electron chi connectivity index (χ2n) is 3.49. The van der Waals surface area contributed by atoms with Crippen molar-refractivity contribution in [2.24, 2.45) is 5.92 Å². The first-order valence-corrected chi connectivity index (χ1v) is 4.79. The van der Waals surface area contributed by atoms with Gasteiger partial charge in [-0.3, -0.25) is 4.79 Å². The summed E-state index contributed by atoms with van der Waals surface area (Å²) in [5.41, 5.74) is 0. The first-order valence-electron chi connectivity index (χ1n) is 4.79. The molecule has 1 rings (SSSR count). The molecule has 19 heavy (non-hydrogen) atoms. The molecule has 0 atom stereocenters. The van der Waals surface area contributed by atoms with Crippen molar-refractivity contribution in [2.45, 2.75) is 12.4 Å². The van der Waals surface area contributed by atoms with Crippen LogP contribution in [-0.4, -0.2) is 49.0 Å². The van der Waals surface area contributed by atoms with Crippen molar-refractivity contribution in [1.29, 1.82) is 0 Å². The molecule has 0 spiro atoms. The van der Waals surface area contributed by atoms with Gasteiger partial charge >= 0.3 is 18.3 Å². The normalized spacial score (nSPS) is 15.9. The Morgan fingerprint density at radius 3 is 1.79 bits per heavy atom. The van der Waals surface area contributed by atoms with E-state index in [4.69, 9.17) is 9.90 Å². The van der Waals surface area contributed by atoms with E-state index in [9.17, 15) is 31.1 Å². The molecule has 0 radical (unpaired) electrons. The Balaban J connectivity index is 0.000000399. The van der Waals surface area contributed by atoms with Gasteiger partial charge in [0, 0.05) is 13.1 Å². The van der Waals surface area contributed by atoms with Crippen molar-refractivity contribution in [1.82, 2.24) is 10.6 Å². The van der Waals surface area contributed by atoms with E-state index in [1.807, 2.05) is 5.32 Å². The fourth-order valence-corrected chi connectivity index (χ4v) is 0.806. The topological polar surface area (TPSA) is 78.4 Å². The lowest BCUT2D eigenvalue weighted by Gasteiger charge is -2.25. The molecule has 0 unspecified atom stereocenters. The Labute approximate surface area is 103 Å². The highest BCUT2D eigenvalue weighted by molar-refractivity contribution is 5.80. The summed E-state index contributed by atoms with van der Waals surface area (Å²) in [6.45, 7) is -0.282. The Kier molecular flexibility index (Phi) is 6.06. The largest absolute Gasteiger partial charge is 0.490 e. The lowest BCUT2D eigenvalue weighted by atomic mass is 10.0. The highest BCUT2D eigenvalue weighted by Crippen LogP contribution is 2.13. The molecule has 0 aromatic heterocycles. The van der Waals surface area contributed by atoms with Crippen molar-refractivity contribution in [3.8, 4) is 0 Å². The highest BCUT2D eigenvalue weighted by atomic mass is 19.4. The Bertz CT molecular complexity index is 323. The average molecular weight is 296 g/mol. The maximum atomic E-state index is 11.6. The third-order valence-corrected chi connectivity index (χ3v) is 1.86. The molecular formula is C8H10F6N2O3. The lowest BCUT2D eigenvalue weighted by molar-refractivity contribution is -0.192. The van der Waals surface area contributed by atoms with Gasteiger partial charge in [0.15, 0.2) is 0 Å². The molecule has 0 bridgehead atoms. The van der Waals surface area contributed by atoms with Crippen LogP contribution < -0.4 is 10.6 Å². The quantitative estimate of drug-likeness (QED) is 0.649. The number of nitrogens with one attached hydrogen (secondary N) is 2. The smallest absolute Gasteiger partial charge is 0.475 e. The van der Waals surface area contributed by atoms with E-state index in [0.717, 1.165) is 0 Å². The van der Waals surface area contributed by atoms with Crippen LogP contribution in [0.4, 0.5) is 26.3 Å². The van der Waals surface area contributed by atoms with Crippen LogP contribution in [0.5, 0.6) is 0 Å². The van der Waals surface area contributed by atoms with Crippen molar-refractivity contribution < 1.29 is 41.0 Å². The predicted octanol–water partition coefficient (Wildman–Crippen LogP) is 0.518. The van der Waals surface area contributed by atoms with Crippen molar-refractivity contribution in [3.63, 3.8) is 0 Å². The summed E-state index contributed by atoms with van der Waals surface area (Å²) in [6.07, 6.45) is -9.40. The maximum Gasteiger partial charge on any atom is 0.490 e. The molecule has 112 valence electrons. The number of carbonyl (C=O) groups is 2. The molecule has 1 fully saturated rings. The number of carbonyl (C=O) groups excluding carboxylic acids is 1. The number of hydrogen-bond acceptors (Lipinski definition) is 3. The van der Waals surface area contributed by atoms with Crippen LogP contribution in [-0.2, 0) is 9.59 Å². The van der Waals surface area contributed by atoms with E-state index in [2.05, 4.69) is 5.32 Å². The molecule has 0 aromatic rings. The van der Waals surface area contributed by atoms with Gasteiger partial charge in [-0.2, -0.15) is 26.3 Å². The SMILES string of the molecule is O=C(NCC(F)(F)F)C1CNC1.O=C(O)C(F)(F)F. The molecule has 1 amide bonds. The summed E-state index contributed by atoms with van der Waals surface area (Å²) < 4.78 is 66.4. The lowest BCUT2D eigenvalue weighted by Crippen LogP contribution is -2.52. The second-order valence-corrected chi connectivity index (χ2v) is 3.49. The van der Waals surface area contributed by atoms with Gasteiger partial charge in [0.1, 0.15) is 6.54 Å². The molecular weight excluding hydrogens is 286 g/mol. The van der Waals surface area contributed by atoms with Gasteiger partial charge in [0.25, 0.3) is 0 Å². The monoisotopic (exact) mass is 296 g/mol. The number of hydrogen-bond donors (Lipinski definition) is 3. The second kappa shape index (κ2) is 6.59. The van der Waals surface area contributed by atoms with E-state index in [-0.39, 0.29) is 5.92 Å². The van der Waals surface area contributed by atoms with Crippen molar-refractivity contribution >= 4 is 11.9 Å². The molecule has 0 aliphatic carbocycles. The van der Waals surface area contributed by atoms with Gasteiger partial charge < -0.3 is 15.7 Å². The zero-order chi connectivity index (χ0) is 15.3. The van der Waals surface area contributed by atoms with Crippen LogP contribution in [0, 0.1) is 5.92 Å². The number of aliphatic carboxylic acids is 1. The van der Waals surface area contributed by atoms with E-state index in [1.165, 1.54) is 0 Å². The van der Waals surface area contributed by atoms with Crippen LogP contribution in [0.15, 0.2) is 0 Å². The van der Waals surface area contributed by atoms with Crippen LogP contribution in [0.3, 0.4) is 0 Å². The minimum atomic E-state index is -5.08. The summed E-state index contributed by atoms with van der Waals surface area (Å²) in [5.74, 6) is -3.56. The highest BCUT2D eigenvalue weighted by Gasteiger charge is 2.38. The zero-order valence-corrected chi connectivity index (χ0v) is 9.23. The molecule has 3 N–H and O–H groups in total. The molecule has 0 aromatic carbocycles. The molecule has 1 heterocycles. The predicted molar refractivity (Wildman–Crippen MR) is 49.1 cm³/mol. The van der Waals surface area contributed by atoms with Crippen LogP contribution in [0.1, 0.15) is 0 Å². The fourth-order valence-electron chi connectivity index (χ4n) is 0.806. The summed E-state index contributed by atoms with van der Waals surface area (Å²) >= 11 is 0. The van der Waals surface area contributed by atoms with Gasteiger partial charge in [-0.15, -0.1) is 0 Å². The molecule has 1 saturated heterocycles. The molecule has 1 aliphatic rings. The van der Waals surface area contributed by atoms with Gasteiger partial charge in [0.2, 0.25) is 5.91 Å². The zero-order valence-electron chi connectivity index (χ0n) is 9.23.